The van der Waals surface area contributed by atoms with Crippen LogP contribution in [0.2, 0.25) is 0 Å². The number of carbonyl (C=O) groups excluding carboxylic acids is 2. The summed E-state index contributed by atoms with van der Waals surface area (Å²) in [5, 5.41) is 2.88. The fourth-order valence-electron chi connectivity index (χ4n) is 3.30. The molecular formula is C16H21N3O4S. The van der Waals surface area contributed by atoms with Crippen molar-refractivity contribution in [3.8, 4) is 0 Å². The third kappa shape index (κ3) is 2.86. The van der Waals surface area contributed by atoms with Gasteiger partial charge in [-0.2, -0.15) is 0 Å². The van der Waals surface area contributed by atoms with Crippen LogP contribution in [0, 0.1) is 0 Å². The molecule has 0 saturated carbocycles. The standard InChI is InChI=1S/C16H21N3O4S/c1-18-9-7-13(15(18)20)19(2)16(21)17-12-8-10-24(22,23)14-6-4-3-5-11(12)14/h3-6,12-13H,7-10H2,1-2H3,(H,17,21). The molecule has 2 aliphatic rings. The molecule has 1 aromatic rings. The highest BCUT2D eigenvalue weighted by Gasteiger charge is 2.36. The predicted octanol–water partition coefficient (Wildman–Crippen LogP) is 0.777. The van der Waals surface area contributed by atoms with Gasteiger partial charge in [-0.15, -0.1) is 0 Å². The molecule has 2 heterocycles. The Morgan fingerprint density at radius 1 is 1.29 bits per heavy atom. The number of sulfone groups is 1. The molecule has 1 aromatic carbocycles. The van der Waals surface area contributed by atoms with E-state index < -0.39 is 15.9 Å². The Labute approximate surface area is 141 Å². The molecule has 0 radical (unpaired) electrons. The van der Waals surface area contributed by atoms with Crippen molar-refractivity contribution in [2.75, 3.05) is 26.4 Å². The number of amides is 3. The van der Waals surface area contributed by atoms with Gasteiger partial charge in [0, 0.05) is 20.6 Å². The van der Waals surface area contributed by atoms with Gasteiger partial charge in [-0.25, -0.2) is 13.2 Å². The van der Waals surface area contributed by atoms with Crippen LogP contribution in [-0.4, -0.2) is 62.6 Å². The van der Waals surface area contributed by atoms with Crippen molar-refractivity contribution in [1.82, 2.24) is 15.1 Å². The van der Waals surface area contributed by atoms with Crippen molar-refractivity contribution >= 4 is 21.8 Å². The van der Waals surface area contributed by atoms with Crippen LogP contribution in [0.3, 0.4) is 0 Å². The lowest BCUT2D eigenvalue weighted by molar-refractivity contribution is -0.129. The second-order valence-electron chi connectivity index (χ2n) is 6.32. The zero-order valence-electron chi connectivity index (χ0n) is 13.7. The van der Waals surface area contributed by atoms with E-state index in [4.69, 9.17) is 0 Å². The summed E-state index contributed by atoms with van der Waals surface area (Å²) in [6.45, 7) is 0.631. The van der Waals surface area contributed by atoms with Gasteiger partial charge < -0.3 is 15.1 Å². The summed E-state index contributed by atoms with van der Waals surface area (Å²) < 4.78 is 24.3. The maximum atomic E-state index is 12.5. The van der Waals surface area contributed by atoms with E-state index in [9.17, 15) is 18.0 Å². The zero-order valence-corrected chi connectivity index (χ0v) is 14.5. The third-order valence-corrected chi connectivity index (χ3v) is 6.60. The molecule has 2 unspecified atom stereocenters. The van der Waals surface area contributed by atoms with Crippen LogP contribution in [0.5, 0.6) is 0 Å². The Morgan fingerprint density at radius 3 is 2.67 bits per heavy atom. The van der Waals surface area contributed by atoms with Crippen LogP contribution >= 0.6 is 0 Å². The van der Waals surface area contributed by atoms with Crippen LogP contribution in [0.4, 0.5) is 4.79 Å². The lowest BCUT2D eigenvalue weighted by atomic mass is 10.0. The Hall–Kier alpha value is -2.09. The Balaban J connectivity index is 1.77. The lowest BCUT2D eigenvalue weighted by Gasteiger charge is -2.30. The number of hydrogen-bond acceptors (Lipinski definition) is 4. The van der Waals surface area contributed by atoms with E-state index in [1.807, 2.05) is 0 Å². The maximum Gasteiger partial charge on any atom is 0.318 e. The molecule has 1 N–H and O–H groups in total. The van der Waals surface area contributed by atoms with Crippen LogP contribution in [0.25, 0.3) is 0 Å². The molecule has 1 fully saturated rings. The minimum atomic E-state index is -3.29. The van der Waals surface area contributed by atoms with Crippen LogP contribution in [0.15, 0.2) is 29.2 Å². The second kappa shape index (κ2) is 6.08. The zero-order chi connectivity index (χ0) is 17.5. The quantitative estimate of drug-likeness (QED) is 0.853. The van der Waals surface area contributed by atoms with Gasteiger partial charge >= 0.3 is 6.03 Å². The van der Waals surface area contributed by atoms with Gasteiger partial charge in [0.25, 0.3) is 0 Å². The van der Waals surface area contributed by atoms with Crippen LogP contribution in [-0.2, 0) is 14.6 Å². The summed E-state index contributed by atoms with van der Waals surface area (Å²) in [4.78, 5) is 27.9. The van der Waals surface area contributed by atoms with E-state index in [1.165, 1.54) is 4.90 Å². The first-order chi connectivity index (χ1) is 11.3. The average molecular weight is 351 g/mol. The number of hydrogen-bond donors (Lipinski definition) is 1. The summed E-state index contributed by atoms with van der Waals surface area (Å²) in [6, 6.07) is 5.56. The molecule has 0 spiro atoms. The van der Waals surface area contributed by atoms with Gasteiger partial charge in [-0.05, 0) is 24.5 Å². The summed E-state index contributed by atoms with van der Waals surface area (Å²) in [7, 11) is 0.0299. The Morgan fingerprint density at radius 2 is 2.00 bits per heavy atom. The highest BCUT2D eigenvalue weighted by Crippen LogP contribution is 2.32. The minimum Gasteiger partial charge on any atom is -0.344 e. The highest BCUT2D eigenvalue weighted by atomic mass is 32.2. The Bertz CT molecular complexity index is 777. The molecular weight excluding hydrogens is 330 g/mol. The molecule has 3 amide bonds. The van der Waals surface area contributed by atoms with Gasteiger partial charge in [0.05, 0.1) is 16.7 Å². The van der Waals surface area contributed by atoms with Crippen molar-refractivity contribution in [3.63, 3.8) is 0 Å². The SMILES string of the molecule is CN1CCC(N(C)C(=O)NC2CCS(=O)(=O)c3ccccc32)C1=O. The number of likely N-dealkylation sites (N-methyl/N-ethyl adjacent to an activating group) is 2. The topological polar surface area (TPSA) is 86.8 Å². The van der Waals surface area contributed by atoms with Gasteiger partial charge in [0.1, 0.15) is 6.04 Å². The fraction of sp³-hybridized carbons (Fsp3) is 0.500. The molecule has 0 bridgehead atoms. The number of likely N-dealkylation sites (tertiary alicyclic amines) is 1. The molecule has 3 rings (SSSR count). The van der Waals surface area contributed by atoms with E-state index in [0.29, 0.717) is 24.9 Å². The lowest BCUT2D eigenvalue weighted by Crippen LogP contribution is -2.48. The molecule has 7 nitrogen and oxygen atoms in total. The van der Waals surface area contributed by atoms with Crippen molar-refractivity contribution < 1.29 is 18.0 Å². The van der Waals surface area contributed by atoms with Gasteiger partial charge in [-0.3, -0.25) is 4.79 Å². The molecule has 2 atom stereocenters. The summed E-state index contributed by atoms with van der Waals surface area (Å²) in [6.07, 6.45) is 0.937. The predicted molar refractivity (Wildman–Crippen MR) is 88.2 cm³/mol. The summed E-state index contributed by atoms with van der Waals surface area (Å²) >= 11 is 0. The minimum absolute atomic E-state index is 0.00374. The smallest absolute Gasteiger partial charge is 0.318 e. The van der Waals surface area contributed by atoms with Crippen molar-refractivity contribution in [2.24, 2.45) is 0 Å². The van der Waals surface area contributed by atoms with Crippen LogP contribution in [0.1, 0.15) is 24.4 Å². The van der Waals surface area contributed by atoms with E-state index in [0.717, 1.165) is 0 Å². The molecule has 8 heteroatoms. The summed E-state index contributed by atoms with van der Waals surface area (Å²) in [5.41, 5.74) is 0.611. The van der Waals surface area contributed by atoms with Gasteiger partial charge in [0.15, 0.2) is 9.84 Å². The largest absolute Gasteiger partial charge is 0.344 e. The molecule has 0 aromatic heterocycles. The van der Waals surface area contributed by atoms with E-state index in [2.05, 4.69) is 5.32 Å². The van der Waals surface area contributed by atoms with Gasteiger partial charge in [-0.1, -0.05) is 18.2 Å². The summed E-state index contributed by atoms with van der Waals surface area (Å²) in [5.74, 6) is -0.0664. The molecule has 130 valence electrons. The fourth-order valence-corrected chi connectivity index (χ4v) is 4.92. The number of rotatable bonds is 2. The average Bonchev–Trinajstić information content (AvgIpc) is 2.89. The number of carbonyl (C=O) groups is 2. The van der Waals surface area contributed by atoms with Gasteiger partial charge in [0.2, 0.25) is 5.91 Å². The molecule has 0 aliphatic carbocycles. The van der Waals surface area contributed by atoms with Crippen molar-refractivity contribution in [1.29, 1.82) is 0 Å². The highest BCUT2D eigenvalue weighted by molar-refractivity contribution is 7.91. The molecule has 1 saturated heterocycles. The number of nitrogens with one attached hydrogen (secondary N) is 1. The number of urea groups is 1. The number of nitrogens with zero attached hydrogens (tertiary/aromatic N) is 2. The molecule has 2 aliphatic heterocycles. The molecule has 24 heavy (non-hydrogen) atoms. The number of benzene rings is 1. The Kier molecular flexibility index (Phi) is 4.25. The van der Waals surface area contributed by atoms with Crippen molar-refractivity contribution in [2.45, 2.75) is 29.8 Å². The normalized spacial score (nSPS) is 25.2. The van der Waals surface area contributed by atoms with Crippen LogP contribution < -0.4 is 5.32 Å². The van der Waals surface area contributed by atoms with E-state index in [1.54, 1.807) is 43.3 Å². The first kappa shape index (κ1) is 16.8. The van der Waals surface area contributed by atoms with E-state index >= 15 is 0 Å². The third-order valence-electron chi connectivity index (χ3n) is 4.79. The maximum absolute atomic E-state index is 12.5. The first-order valence-electron chi connectivity index (χ1n) is 7.91. The van der Waals surface area contributed by atoms with E-state index in [-0.39, 0.29) is 28.6 Å². The first-order valence-corrected chi connectivity index (χ1v) is 9.56. The van der Waals surface area contributed by atoms with Crippen molar-refractivity contribution in [3.05, 3.63) is 29.8 Å². The number of fused-ring (bicyclic) bond motifs is 1. The second-order valence-corrected chi connectivity index (χ2v) is 8.40. The monoisotopic (exact) mass is 351 g/mol.